The van der Waals surface area contributed by atoms with Crippen LogP contribution in [0.4, 0.5) is 0 Å². The molecule has 0 unspecified atom stereocenters. The summed E-state index contributed by atoms with van der Waals surface area (Å²) in [5.41, 5.74) is 0.278. The molecule has 0 aromatic carbocycles. The van der Waals surface area contributed by atoms with Crippen molar-refractivity contribution in [3.05, 3.63) is 35.6 Å². The molecule has 0 radical (unpaired) electrons. The monoisotopic (exact) mass is 242 g/mol. The third-order valence-electron chi connectivity index (χ3n) is 1.81. The topological polar surface area (TPSA) is 71.3 Å². The van der Waals surface area contributed by atoms with Crippen molar-refractivity contribution in [3.8, 4) is 0 Å². The predicted octanol–water partition coefficient (Wildman–Crippen LogP) is 1.05. The van der Waals surface area contributed by atoms with Crippen molar-refractivity contribution >= 4 is 23.5 Å². The number of nitrogens with zero attached hydrogens (tertiary/aromatic N) is 1. The minimum atomic E-state index is -1.01. The van der Waals surface area contributed by atoms with Crippen LogP contribution < -0.4 is 5.32 Å². The van der Waals surface area contributed by atoms with Gasteiger partial charge in [0.1, 0.15) is 12.2 Å². The molecule has 16 heavy (non-hydrogen) atoms. The van der Waals surface area contributed by atoms with E-state index in [1.807, 2.05) is 0 Å². The Bertz CT molecular complexity index is 425. The summed E-state index contributed by atoms with van der Waals surface area (Å²) in [6.07, 6.45) is 1.53. The van der Waals surface area contributed by atoms with Gasteiger partial charge in [-0.3, -0.25) is 9.59 Å². The average molecular weight is 243 g/mol. The number of aromatic nitrogens is 1. The molecule has 0 atom stereocenters. The van der Waals surface area contributed by atoms with Crippen molar-refractivity contribution in [3.63, 3.8) is 0 Å². The zero-order valence-electron chi connectivity index (χ0n) is 8.44. The number of aliphatic carboxylic acids is 1. The van der Waals surface area contributed by atoms with Crippen LogP contribution in [0.25, 0.3) is 0 Å². The van der Waals surface area contributed by atoms with Gasteiger partial charge in [-0.25, -0.2) is 0 Å². The Balaban J connectivity index is 2.71. The van der Waals surface area contributed by atoms with E-state index in [0.29, 0.717) is 5.03 Å². The number of carboxylic acid groups (broad SMARTS) is 1. The molecule has 0 aliphatic heterocycles. The molecular weight excluding hydrogens is 232 g/mol. The van der Waals surface area contributed by atoms with Gasteiger partial charge in [0.15, 0.2) is 0 Å². The maximum atomic E-state index is 11.6. The average Bonchev–Trinajstić information content (AvgIpc) is 2.61. The van der Waals surface area contributed by atoms with Crippen LogP contribution >= 0.6 is 11.6 Å². The SMILES string of the molecule is C=C(Cl)CNC(=O)c1cccn1CC(=O)O. The van der Waals surface area contributed by atoms with Gasteiger partial charge in [-0.05, 0) is 12.1 Å². The number of halogens is 1. The minimum Gasteiger partial charge on any atom is -0.480 e. The third-order valence-corrected chi connectivity index (χ3v) is 1.94. The first-order valence-electron chi connectivity index (χ1n) is 4.49. The summed E-state index contributed by atoms with van der Waals surface area (Å²) in [5.74, 6) is -1.39. The number of rotatable bonds is 5. The summed E-state index contributed by atoms with van der Waals surface area (Å²) >= 11 is 5.50. The van der Waals surface area contributed by atoms with Crippen LogP contribution in [-0.4, -0.2) is 28.1 Å². The van der Waals surface area contributed by atoms with E-state index in [4.69, 9.17) is 16.7 Å². The van der Waals surface area contributed by atoms with E-state index in [1.165, 1.54) is 16.8 Å². The number of carboxylic acids is 1. The highest BCUT2D eigenvalue weighted by molar-refractivity contribution is 6.29. The Hall–Kier alpha value is -1.75. The maximum absolute atomic E-state index is 11.6. The highest BCUT2D eigenvalue weighted by Crippen LogP contribution is 2.03. The molecule has 0 saturated heterocycles. The van der Waals surface area contributed by atoms with Crippen LogP contribution in [0.3, 0.4) is 0 Å². The van der Waals surface area contributed by atoms with Gasteiger partial charge in [0, 0.05) is 11.2 Å². The van der Waals surface area contributed by atoms with Crippen LogP contribution in [0.15, 0.2) is 29.9 Å². The summed E-state index contributed by atoms with van der Waals surface area (Å²) in [7, 11) is 0. The normalized spacial score (nSPS) is 9.81. The summed E-state index contributed by atoms with van der Waals surface area (Å²) in [6, 6.07) is 3.14. The molecule has 1 amide bonds. The fourth-order valence-electron chi connectivity index (χ4n) is 1.17. The van der Waals surface area contributed by atoms with E-state index in [2.05, 4.69) is 11.9 Å². The van der Waals surface area contributed by atoms with E-state index in [9.17, 15) is 9.59 Å². The second kappa shape index (κ2) is 5.37. The van der Waals surface area contributed by atoms with Crippen molar-refractivity contribution < 1.29 is 14.7 Å². The predicted molar refractivity (Wildman–Crippen MR) is 59.4 cm³/mol. The number of carbonyl (C=O) groups excluding carboxylic acids is 1. The van der Waals surface area contributed by atoms with E-state index in [0.717, 1.165) is 0 Å². The molecule has 0 bridgehead atoms. The van der Waals surface area contributed by atoms with Crippen molar-refractivity contribution in [1.82, 2.24) is 9.88 Å². The lowest BCUT2D eigenvalue weighted by Gasteiger charge is -2.06. The summed E-state index contributed by atoms with van der Waals surface area (Å²) in [5, 5.41) is 11.4. The molecule has 0 aliphatic rings. The molecular formula is C10H11ClN2O3. The van der Waals surface area contributed by atoms with Crippen LogP contribution in [0, 0.1) is 0 Å². The van der Waals surface area contributed by atoms with Gasteiger partial charge in [0.25, 0.3) is 5.91 Å². The lowest BCUT2D eigenvalue weighted by Crippen LogP contribution is -2.27. The fourth-order valence-corrected chi connectivity index (χ4v) is 1.24. The number of nitrogens with one attached hydrogen (secondary N) is 1. The summed E-state index contributed by atoms with van der Waals surface area (Å²) < 4.78 is 1.34. The molecule has 1 aromatic rings. The Morgan fingerprint density at radius 2 is 2.25 bits per heavy atom. The molecule has 0 saturated carbocycles. The Kier molecular flexibility index (Phi) is 4.13. The smallest absolute Gasteiger partial charge is 0.323 e. The standard InChI is InChI=1S/C10H11ClN2O3/c1-7(11)5-12-10(16)8-3-2-4-13(8)6-9(14)15/h2-4H,1,5-6H2,(H,12,16)(H,14,15). The van der Waals surface area contributed by atoms with Gasteiger partial charge >= 0.3 is 5.97 Å². The molecule has 0 fully saturated rings. The largest absolute Gasteiger partial charge is 0.480 e. The van der Waals surface area contributed by atoms with E-state index >= 15 is 0 Å². The van der Waals surface area contributed by atoms with Crippen molar-refractivity contribution in [2.45, 2.75) is 6.54 Å². The zero-order valence-corrected chi connectivity index (χ0v) is 9.20. The molecule has 1 aromatic heterocycles. The number of hydrogen-bond donors (Lipinski definition) is 2. The molecule has 1 rings (SSSR count). The van der Waals surface area contributed by atoms with Gasteiger partial charge in [-0.15, -0.1) is 0 Å². The molecule has 0 spiro atoms. The van der Waals surface area contributed by atoms with Gasteiger partial charge in [-0.1, -0.05) is 18.2 Å². The summed E-state index contributed by atoms with van der Waals surface area (Å²) in [6.45, 7) is 3.33. The molecule has 1 heterocycles. The molecule has 6 heteroatoms. The summed E-state index contributed by atoms with van der Waals surface area (Å²) in [4.78, 5) is 22.1. The fraction of sp³-hybridized carbons (Fsp3) is 0.200. The first-order valence-corrected chi connectivity index (χ1v) is 4.87. The van der Waals surface area contributed by atoms with Gasteiger partial charge in [-0.2, -0.15) is 0 Å². The zero-order chi connectivity index (χ0) is 12.1. The second-order valence-electron chi connectivity index (χ2n) is 3.12. The van der Waals surface area contributed by atoms with Crippen LogP contribution in [-0.2, 0) is 11.3 Å². The Morgan fingerprint density at radius 1 is 1.56 bits per heavy atom. The van der Waals surface area contributed by atoms with Crippen molar-refractivity contribution in [1.29, 1.82) is 0 Å². The minimum absolute atomic E-state index is 0.151. The van der Waals surface area contributed by atoms with Gasteiger partial charge < -0.3 is 15.0 Å². The molecule has 5 nitrogen and oxygen atoms in total. The van der Waals surface area contributed by atoms with E-state index < -0.39 is 5.97 Å². The molecule has 2 N–H and O–H groups in total. The first-order chi connectivity index (χ1) is 7.50. The van der Waals surface area contributed by atoms with Crippen LogP contribution in [0.1, 0.15) is 10.5 Å². The Labute approximate surface area is 97.3 Å². The molecule has 0 aliphatic carbocycles. The van der Waals surface area contributed by atoms with Gasteiger partial charge in [0.2, 0.25) is 0 Å². The number of carbonyl (C=O) groups is 2. The quantitative estimate of drug-likeness (QED) is 0.811. The highest BCUT2D eigenvalue weighted by atomic mass is 35.5. The van der Waals surface area contributed by atoms with E-state index in [1.54, 1.807) is 6.07 Å². The number of hydrogen-bond acceptors (Lipinski definition) is 2. The maximum Gasteiger partial charge on any atom is 0.323 e. The Morgan fingerprint density at radius 3 is 2.81 bits per heavy atom. The first kappa shape index (κ1) is 12.3. The lowest BCUT2D eigenvalue weighted by atomic mass is 10.4. The van der Waals surface area contributed by atoms with E-state index in [-0.39, 0.29) is 24.7 Å². The molecule has 86 valence electrons. The number of amides is 1. The van der Waals surface area contributed by atoms with Crippen LogP contribution in [0.2, 0.25) is 0 Å². The van der Waals surface area contributed by atoms with Crippen LogP contribution in [0.5, 0.6) is 0 Å². The van der Waals surface area contributed by atoms with Gasteiger partial charge in [0.05, 0.1) is 6.54 Å². The third kappa shape index (κ3) is 3.43. The lowest BCUT2D eigenvalue weighted by molar-refractivity contribution is -0.137. The second-order valence-corrected chi connectivity index (χ2v) is 3.65. The van der Waals surface area contributed by atoms with Crippen molar-refractivity contribution in [2.75, 3.05) is 6.54 Å². The highest BCUT2D eigenvalue weighted by Gasteiger charge is 2.11. The van der Waals surface area contributed by atoms with Crippen molar-refractivity contribution in [2.24, 2.45) is 0 Å².